The van der Waals surface area contributed by atoms with Crippen LogP contribution in [0, 0.1) is 0 Å². The Morgan fingerprint density at radius 2 is 2.36 bits per heavy atom. The lowest BCUT2D eigenvalue weighted by Gasteiger charge is -2.22. The molecular weight excluding hydrogens is 186 g/mol. The summed E-state index contributed by atoms with van der Waals surface area (Å²) in [6, 6.07) is -0.598. The van der Waals surface area contributed by atoms with E-state index in [9.17, 15) is 4.79 Å². The van der Waals surface area contributed by atoms with Crippen LogP contribution in [0.1, 0.15) is 13.3 Å². The summed E-state index contributed by atoms with van der Waals surface area (Å²) in [4.78, 5) is 12.4. The van der Waals surface area contributed by atoms with Crippen LogP contribution in [0.15, 0.2) is 0 Å². The lowest BCUT2D eigenvalue weighted by atomic mass is 10.2. The molecule has 0 amide bonds. The molecule has 0 saturated carbocycles. The zero-order chi connectivity index (χ0) is 10.7. The molecule has 1 aromatic heterocycles. The van der Waals surface area contributed by atoms with E-state index in [1.165, 1.54) is 4.68 Å². The number of tetrazole rings is 1. The van der Waals surface area contributed by atoms with Crippen LogP contribution >= 0.6 is 0 Å². The maximum Gasteiger partial charge on any atom is 0.326 e. The molecule has 0 aromatic carbocycles. The van der Waals surface area contributed by atoms with E-state index < -0.39 is 12.0 Å². The number of hydrogen-bond donors (Lipinski definition) is 1. The van der Waals surface area contributed by atoms with Crippen LogP contribution in [0.3, 0.4) is 0 Å². The number of carboxylic acid groups (broad SMARTS) is 1. The quantitative estimate of drug-likeness (QED) is 0.704. The van der Waals surface area contributed by atoms with Crippen molar-refractivity contribution in [2.75, 3.05) is 11.9 Å². The molecule has 0 aliphatic heterocycles. The smallest absolute Gasteiger partial charge is 0.326 e. The SMILES string of the molecule is CCC(C(=O)O)N(C)c1nnnn1C. The van der Waals surface area contributed by atoms with Gasteiger partial charge in [-0.05, 0) is 16.8 Å². The average Bonchev–Trinajstić information content (AvgIpc) is 2.51. The molecule has 0 fully saturated rings. The number of hydrogen-bond acceptors (Lipinski definition) is 5. The summed E-state index contributed by atoms with van der Waals surface area (Å²) in [6.07, 6.45) is 0.499. The maximum absolute atomic E-state index is 10.9. The van der Waals surface area contributed by atoms with Gasteiger partial charge in [-0.2, -0.15) is 0 Å². The van der Waals surface area contributed by atoms with Crippen molar-refractivity contribution in [2.24, 2.45) is 7.05 Å². The Labute approximate surface area is 81.3 Å². The van der Waals surface area contributed by atoms with Crippen LogP contribution in [-0.4, -0.2) is 44.4 Å². The summed E-state index contributed by atoms with van der Waals surface area (Å²) in [5.41, 5.74) is 0. The Morgan fingerprint density at radius 3 is 2.71 bits per heavy atom. The van der Waals surface area contributed by atoms with Gasteiger partial charge in [-0.15, -0.1) is 0 Å². The van der Waals surface area contributed by atoms with Gasteiger partial charge in [-0.25, -0.2) is 9.48 Å². The van der Waals surface area contributed by atoms with E-state index in [1.54, 1.807) is 25.9 Å². The van der Waals surface area contributed by atoms with Gasteiger partial charge >= 0.3 is 5.97 Å². The van der Waals surface area contributed by atoms with E-state index in [0.717, 1.165) is 0 Å². The number of carbonyl (C=O) groups is 1. The Hall–Kier alpha value is -1.66. The molecule has 7 nitrogen and oxygen atoms in total. The van der Waals surface area contributed by atoms with Crippen LogP contribution in [0.2, 0.25) is 0 Å². The molecule has 14 heavy (non-hydrogen) atoms. The maximum atomic E-state index is 10.9. The first-order valence-corrected chi connectivity index (χ1v) is 4.26. The Bertz CT molecular complexity index is 324. The van der Waals surface area contributed by atoms with Gasteiger partial charge < -0.3 is 10.0 Å². The fourth-order valence-electron chi connectivity index (χ4n) is 1.28. The van der Waals surface area contributed by atoms with Gasteiger partial charge in [0.1, 0.15) is 6.04 Å². The fourth-order valence-corrected chi connectivity index (χ4v) is 1.28. The van der Waals surface area contributed by atoms with Crippen LogP contribution in [0.25, 0.3) is 0 Å². The van der Waals surface area contributed by atoms with Crippen LogP contribution in [0.4, 0.5) is 5.95 Å². The highest BCUT2D eigenvalue weighted by Crippen LogP contribution is 2.10. The molecule has 0 aliphatic rings. The van der Waals surface area contributed by atoms with Crippen LogP contribution in [0.5, 0.6) is 0 Å². The molecule has 1 unspecified atom stereocenters. The minimum atomic E-state index is -0.877. The fraction of sp³-hybridized carbons (Fsp3) is 0.714. The second-order valence-corrected chi connectivity index (χ2v) is 2.98. The van der Waals surface area contributed by atoms with Crippen molar-refractivity contribution >= 4 is 11.9 Å². The molecule has 7 heteroatoms. The summed E-state index contributed by atoms with van der Waals surface area (Å²) in [6.45, 7) is 1.80. The second kappa shape index (κ2) is 4.03. The third-order valence-corrected chi connectivity index (χ3v) is 2.05. The average molecular weight is 199 g/mol. The standard InChI is InChI=1S/C7H13N5O2/c1-4-5(6(13)14)11(2)7-8-9-10-12(7)3/h5H,4H2,1-3H3,(H,13,14). The Kier molecular flexibility index (Phi) is 3.00. The highest BCUT2D eigenvalue weighted by atomic mass is 16.4. The van der Waals surface area contributed by atoms with Gasteiger partial charge in [-0.3, -0.25) is 0 Å². The molecular formula is C7H13N5O2. The van der Waals surface area contributed by atoms with Crippen molar-refractivity contribution in [1.29, 1.82) is 0 Å². The first-order chi connectivity index (χ1) is 6.57. The van der Waals surface area contributed by atoms with Crippen LogP contribution in [-0.2, 0) is 11.8 Å². The number of aliphatic carboxylic acids is 1. The number of anilines is 1. The molecule has 0 saturated heterocycles. The molecule has 78 valence electrons. The van der Waals surface area contributed by atoms with Crippen molar-refractivity contribution in [1.82, 2.24) is 20.2 Å². The largest absolute Gasteiger partial charge is 0.480 e. The highest BCUT2D eigenvalue weighted by molar-refractivity contribution is 5.77. The molecule has 0 radical (unpaired) electrons. The molecule has 1 atom stereocenters. The topological polar surface area (TPSA) is 84.1 Å². The molecule has 1 rings (SSSR count). The summed E-state index contributed by atoms with van der Waals surface area (Å²) in [5, 5.41) is 19.7. The first-order valence-electron chi connectivity index (χ1n) is 4.26. The van der Waals surface area contributed by atoms with Crippen molar-refractivity contribution in [2.45, 2.75) is 19.4 Å². The number of carboxylic acids is 1. The number of likely N-dealkylation sites (N-methyl/N-ethyl adjacent to an activating group) is 1. The predicted octanol–water partition coefficient (Wildman–Crippen LogP) is -0.491. The molecule has 0 aliphatic carbocycles. The van der Waals surface area contributed by atoms with Crippen molar-refractivity contribution in [3.05, 3.63) is 0 Å². The summed E-state index contributed by atoms with van der Waals surface area (Å²) in [7, 11) is 3.33. The first kappa shape index (κ1) is 10.4. The van der Waals surface area contributed by atoms with Gasteiger partial charge in [0.25, 0.3) is 0 Å². The lowest BCUT2D eigenvalue weighted by molar-refractivity contribution is -0.138. The normalized spacial score (nSPS) is 12.5. The third-order valence-electron chi connectivity index (χ3n) is 2.05. The van der Waals surface area contributed by atoms with Crippen molar-refractivity contribution < 1.29 is 9.90 Å². The minimum Gasteiger partial charge on any atom is -0.480 e. The van der Waals surface area contributed by atoms with E-state index in [2.05, 4.69) is 15.5 Å². The molecule has 1 aromatic rings. The Balaban J connectivity index is 2.88. The van der Waals surface area contributed by atoms with E-state index in [-0.39, 0.29) is 0 Å². The van der Waals surface area contributed by atoms with Gasteiger partial charge in [0.05, 0.1) is 0 Å². The number of nitrogens with zero attached hydrogens (tertiary/aromatic N) is 5. The van der Waals surface area contributed by atoms with E-state index in [0.29, 0.717) is 12.4 Å². The van der Waals surface area contributed by atoms with Crippen LogP contribution < -0.4 is 4.90 Å². The number of aryl methyl sites for hydroxylation is 1. The summed E-state index contributed by atoms with van der Waals surface area (Å²) < 4.78 is 1.44. The van der Waals surface area contributed by atoms with E-state index in [4.69, 9.17) is 5.11 Å². The van der Waals surface area contributed by atoms with Gasteiger partial charge in [0.15, 0.2) is 0 Å². The number of rotatable bonds is 4. The van der Waals surface area contributed by atoms with Gasteiger partial charge in [0, 0.05) is 14.1 Å². The highest BCUT2D eigenvalue weighted by Gasteiger charge is 2.23. The minimum absolute atomic E-state index is 0.444. The monoisotopic (exact) mass is 199 g/mol. The zero-order valence-corrected chi connectivity index (χ0v) is 8.38. The second-order valence-electron chi connectivity index (χ2n) is 2.98. The molecule has 1 N–H and O–H groups in total. The third kappa shape index (κ3) is 1.81. The molecule has 0 spiro atoms. The van der Waals surface area contributed by atoms with Gasteiger partial charge in [-0.1, -0.05) is 12.0 Å². The van der Waals surface area contributed by atoms with Gasteiger partial charge in [0.2, 0.25) is 5.95 Å². The van der Waals surface area contributed by atoms with E-state index >= 15 is 0 Å². The predicted molar refractivity (Wildman–Crippen MR) is 48.9 cm³/mol. The summed E-state index contributed by atoms with van der Waals surface area (Å²) in [5.74, 6) is -0.433. The van der Waals surface area contributed by atoms with Crippen molar-refractivity contribution in [3.63, 3.8) is 0 Å². The molecule has 1 heterocycles. The Morgan fingerprint density at radius 1 is 1.71 bits per heavy atom. The molecule has 0 bridgehead atoms. The lowest BCUT2D eigenvalue weighted by Crippen LogP contribution is -2.39. The van der Waals surface area contributed by atoms with E-state index in [1.807, 2.05) is 0 Å². The summed E-state index contributed by atoms with van der Waals surface area (Å²) >= 11 is 0. The number of aromatic nitrogens is 4. The van der Waals surface area contributed by atoms with Crippen molar-refractivity contribution in [3.8, 4) is 0 Å². The zero-order valence-electron chi connectivity index (χ0n) is 8.38.